The van der Waals surface area contributed by atoms with E-state index in [1.165, 1.54) is 0 Å². The first kappa shape index (κ1) is 14.0. The van der Waals surface area contributed by atoms with E-state index in [0.717, 1.165) is 17.3 Å². The minimum atomic E-state index is -0.0984. The fourth-order valence-electron chi connectivity index (χ4n) is 1.55. The summed E-state index contributed by atoms with van der Waals surface area (Å²) in [4.78, 5) is 11.8. The van der Waals surface area contributed by atoms with Gasteiger partial charge in [0.05, 0.1) is 5.56 Å². The Balaban J connectivity index is 2.47. The van der Waals surface area contributed by atoms with Crippen molar-refractivity contribution < 1.29 is 4.79 Å². The van der Waals surface area contributed by atoms with Crippen LogP contribution in [0.25, 0.3) is 0 Å². The average Bonchev–Trinajstić information content (AvgIpc) is 2.23. The summed E-state index contributed by atoms with van der Waals surface area (Å²) in [5.74, 6) is 0.573. The van der Waals surface area contributed by atoms with Crippen LogP contribution < -0.4 is 11.1 Å². The second kappa shape index (κ2) is 6.64. The van der Waals surface area contributed by atoms with Crippen molar-refractivity contribution >= 4 is 27.5 Å². The zero-order valence-electron chi connectivity index (χ0n) is 10.3. The summed E-state index contributed by atoms with van der Waals surface area (Å²) in [6, 6.07) is 5.29. The highest BCUT2D eigenvalue weighted by molar-refractivity contribution is 9.10. The minimum Gasteiger partial charge on any atom is -0.398 e. The van der Waals surface area contributed by atoms with Crippen molar-refractivity contribution in [1.82, 2.24) is 5.32 Å². The highest BCUT2D eigenvalue weighted by atomic mass is 79.9. The average molecular weight is 299 g/mol. The molecular formula is C13H19BrN2O. The number of hydrogen-bond donors (Lipinski definition) is 2. The van der Waals surface area contributed by atoms with E-state index in [1.54, 1.807) is 12.1 Å². The van der Waals surface area contributed by atoms with Crippen molar-refractivity contribution in [1.29, 1.82) is 0 Å². The Morgan fingerprint density at radius 1 is 1.47 bits per heavy atom. The van der Waals surface area contributed by atoms with Crippen molar-refractivity contribution in [2.45, 2.75) is 26.7 Å². The smallest absolute Gasteiger partial charge is 0.253 e. The Labute approximate surface area is 111 Å². The number of hydrogen-bond acceptors (Lipinski definition) is 2. The third-order valence-corrected chi connectivity index (χ3v) is 3.00. The predicted octanol–water partition coefficient (Wildman–Crippen LogP) is 3.20. The molecule has 17 heavy (non-hydrogen) atoms. The molecule has 94 valence electrons. The first-order chi connectivity index (χ1) is 8.00. The lowest BCUT2D eigenvalue weighted by Crippen LogP contribution is -2.25. The van der Waals surface area contributed by atoms with Crippen molar-refractivity contribution in [3.05, 3.63) is 28.2 Å². The van der Waals surface area contributed by atoms with Gasteiger partial charge in [-0.25, -0.2) is 0 Å². The summed E-state index contributed by atoms with van der Waals surface area (Å²) < 4.78 is 0.881. The maximum absolute atomic E-state index is 11.8. The maximum atomic E-state index is 11.8. The molecule has 3 nitrogen and oxygen atoms in total. The molecule has 0 saturated heterocycles. The number of carbonyl (C=O) groups is 1. The zero-order chi connectivity index (χ0) is 12.8. The van der Waals surface area contributed by atoms with Crippen molar-refractivity contribution in [3.63, 3.8) is 0 Å². The third-order valence-electron chi connectivity index (χ3n) is 2.50. The van der Waals surface area contributed by atoms with E-state index in [4.69, 9.17) is 5.73 Å². The Kier molecular flexibility index (Phi) is 5.48. The van der Waals surface area contributed by atoms with Crippen LogP contribution in [0.2, 0.25) is 0 Å². The molecule has 1 aromatic rings. The summed E-state index contributed by atoms with van der Waals surface area (Å²) in [6.07, 6.45) is 2.12. The van der Waals surface area contributed by atoms with Crippen LogP contribution in [0.3, 0.4) is 0 Å². The summed E-state index contributed by atoms with van der Waals surface area (Å²) in [5.41, 5.74) is 6.82. The Bertz CT molecular complexity index is 391. The molecule has 0 unspecified atom stereocenters. The monoisotopic (exact) mass is 298 g/mol. The number of nitrogens with two attached hydrogens (primary N) is 1. The first-order valence-corrected chi connectivity index (χ1v) is 6.63. The molecule has 0 bridgehead atoms. The molecular weight excluding hydrogens is 280 g/mol. The van der Waals surface area contributed by atoms with E-state index in [9.17, 15) is 4.79 Å². The van der Waals surface area contributed by atoms with E-state index >= 15 is 0 Å². The van der Waals surface area contributed by atoms with Gasteiger partial charge in [-0.15, -0.1) is 0 Å². The van der Waals surface area contributed by atoms with Gasteiger partial charge in [0.15, 0.2) is 0 Å². The second-order valence-corrected chi connectivity index (χ2v) is 5.44. The van der Waals surface area contributed by atoms with E-state index in [2.05, 4.69) is 35.1 Å². The number of nitrogens with one attached hydrogen (secondary N) is 1. The van der Waals surface area contributed by atoms with Crippen LogP contribution in [-0.2, 0) is 0 Å². The molecule has 0 aliphatic rings. The van der Waals surface area contributed by atoms with Gasteiger partial charge >= 0.3 is 0 Å². The fourth-order valence-corrected chi connectivity index (χ4v) is 1.93. The van der Waals surface area contributed by atoms with E-state index in [0.29, 0.717) is 23.7 Å². The lowest BCUT2D eigenvalue weighted by Gasteiger charge is -2.08. The lowest BCUT2D eigenvalue weighted by atomic mass is 10.1. The standard InChI is InChI=1S/C13H19BrN2O/c1-9(2)4-3-7-16-13(17)11-6-5-10(14)8-12(11)15/h5-6,8-9H,3-4,7,15H2,1-2H3,(H,16,17). The van der Waals surface area contributed by atoms with Gasteiger partial charge in [0, 0.05) is 16.7 Å². The largest absolute Gasteiger partial charge is 0.398 e. The molecule has 3 N–H and O–H groups in total. The van der Waals surface area contributed by atoms with Crippen molar-refractivity contribution in [2.24, 2.45) is 5.92 Å². The number of nitrogen functional groups attached to an aromatic ring is 1. The number of benzene rings is 1. The second-order valence-electron chi connectivity index (χ2n) is 4.52. The number of anilines is 1. The van der Waals surface area contributed by atoms with Gasteiger partial charge in [0.1, 0.15) is 0 Å². The molecule has 4 heteroatoms. The quantitative estimate of drug-likeness (QED) is 0.648. The summed E-state index contributed by atoms with van der Waals surface area (Å²) in [5, 5.41) is 2.88. The molecule has 0 radical (unpaired) electrons. The topological polar surface area (TPSA) is 55.1 Å². The summed E-state index contributed by atoms with van der Waals surface area (Å²) >= 11 is 3.31. The molecule has 1 amide bonds. The molecule has 0 aromatic heterocycles. The fraction of sp³-hybridized carbons (Fsp3) is 0.462. The highest BCUT2D eigenvalue weighted by Gasteiger charge is 2.08. The molecule has 0 spiro atoms. The van der Waals surface area contributed by atoms with Crippen LogP contribution >= 0.6 is 15.9 Å². The molecule has 0 saturated carbocycles. The molecule has 0 fully saturated rings. The number of halogens is 1. The van der Waals surface area contributed by atoms with Crippen LogP contribution in [0.1, 0.15) is 37.0 Å². The van der Waals surface area contributed by atoms with Crippen LogP contribution in [0.15, 0.2) is 22.7 Å². The number of rotatable bonds is 5. The van der Waals surface area contributed by atoms with Gasteiger partial charge in [-0.3, -0.25) is 4.79 Å². The van der Waals surface area contributed by atoms with Gasteiger partial charge in [0.2, 0.25) is 0 Å². The van der Waals surface area contributed by atoms with E-state index < -0.39 is 0 Å². The van der Waals surface area contributed by atoms with Crippen LogP contribution in [-0.4, -0.2) is 12.5 Å². The van der Waals surface area contributed by atoms with Gasteiger partial charge in [0.25, 0.3) is 5.91 Å². The molecule has 0 aliphatic heterocycles. The normalized spacial score (nSPS) is 10.6. The Hall–Kier alpha value is -1.03. The first-order valence-electron chi connectivity index (χ1n) is 5.84. The van der Waals surface area contributed by atoms with Crippen LogP contribution in [0.4, 0.5) is 5.69 Å². The lowest BCUT2D eigenvalue weighted by molar-refractivity contribution is 0.0953. The predicted molar refractivity (Wildman–Crippen MR) is 75.0 cm³/mol. The van der Waals surface area contributed by atoms with Gasteiger partial charge in [-0.2, -0.15) is 0 Å². The molecule has 0 aliphatic carbocycles. The van der Waals surface area contributed by atoms with Crippen LogP contribution in [0.5, 0.6) is 0 Å². The van der Waals surface area contributed by atoms with Crippen LogP contribution in [0, 0.1) is 5.92 Å². The van der Waals surface area contributed by atoms with E-state index in [-0.39, 0.29) is 5.91 Å². The van der Waals surface area contributed by atoms with Crippen molar-refractivity contribution in [3.8, 4) is 0 Å². The highest BCUT2D eigenvalue weighted by Crippen LogP contribution is 2.18. The van der Waals surface area contributed by atoms with Gasteiger partial charge in [-0.05, 0) is 37.0 Å². The van der Waals surface area contributed by atoms with Gasteiger partial charge in [-0.1, -0.05) is 29.8 Å². The maximum Gasteiger partial charge on any atom is 0.253 e. The number of amides is 1. The molecule has 0 heterocycles. The van der Waals surface area contributed by atoms with Crippen molar-refractivity contribution in [2.75, 3.05) is 12.3 Å². The zero-order valence-corrected chi connectivity index (χ0v) is 11.9. The number of carbonyl (C=O) groups excluding carboxylic acids is 1. The Morgan fingerprint density at radius 3 is 2.76 bits per heavy atom. The SMILES string of the molecule is CC(C)CCCNC(=O)c1ccc(Br)cc1N. The summed E-state index contributed by atoms with van der Waals surface area (Å²) in [6.45, 7) is 5.05. The molecule has 0 atom stereocenters. The minimum absolute atomic E-state index is 0.0984. The summed E-state index contributed by atoms with van der Waals surface area (Å²) in [7, 11) is 0. The van der Waals surface area contributed by atoms with Gasteiger partial charge < -0.3 is 11.1 Å². The Morgan fingerprint density at radius 2 is 2.18 bits per heavy atom. The molecule has 1 aromatic carbocycles. The van der Waals surface area contributed by atoms with E-state index in [1.807, 2.05) is 6.07 Å². The molecule has 1 rings (SSSR count). The third kappa shape index (κ3) is 4.77.